The van der Waals surface area contributed by atoms with E-state index in [4.69, 9.17) is 16.3 Å². The highest BCUT2D eigenvalue weighted by Crippen LogP contribution is 2.34. The minimum atomic E-state index is -4.87. The van der Waals surface area contributed by atoms with E-state index in [0.717, 1.165) is 16.5 Å². The van der Waals surface area contributed by atoms with Crippen LogP contribution in [0.4, 0.5) is 13.2 Å². The summed E-state index contributed by atoms with van der Waals surface area (Å²) in [7, 11) is 0. The molecule has 1 N–H and O–H groups in total. The Balaban J connectivity index is 1.70. The topological polar surface area (TPSA) is 60.5 Å². The smallest absolute Gasteiger partial charge is 0.435 e. The molecule has 162 valence electrons. The lowest BCUT2D eigenvalue weighted by Gasteiger charge is -2.13. The van der Waals surface area contributed by atoms with Gasteiger partial charge >= 0.3 is 6.36 Å². The van der Waals surface area contributed by atoms with E-state index < -0.39 is 18.0 Å². The van der Waals surface area contributed by atoms with Gasteiger partial charge in [0, 0.05) is 34.3 Å². The number of hydrogen-bond donors (Lipinski definition) is 1. The van der Waals surface area contributed by atoms with Crippen LogP contribution in [-0.2, 0) is 6.54 Å². The van der Waals surface area contributed by atoms with Crippen LogP contribution in [0.5, 0.6) is 17.4 Å². The lowest BCUT2D eigenvalue weighted by molar-refractivity contribution is -0.275. The molecule has 0 spiro atoms. The van der Waals surface area contributed by atoms with Crippen LogP contribution < -0.4 is 14.8 Å². The molecule has 3 aromatic rings. The van der Waals surface area contributed by atoms with E-state index in [9.17, 15) is 18.0 Å². The molecule has 0 aliphatic carbocycles. The fraction of sp³-hybridized carbons (Fsp3) is 0.143. The van der Waals surface area contributed by atoms with Crippen LogP contribution in [0.3, 0.4) is 0 Å². The first kappa shape index (κ1) is 22.8. The van der Waals surface area contributed by atoms with E-state index in [0.29, 0.717) is 5.02 Å². The molecular formula is C21H16ClF3N2O3S. The van der Waals surface area contributed by atoms with E-state index in [2.05, 4.69) is 15.0 Å². The second-order valence-corrected chi connectivity index (χ2v) is 7.41. The Labute approximate surface area is 185 Å². The number of nitrogens with one attached hydrogen (secondary N) is 1. The normalized spacial score (nSPS) is 11.1. The Kier molecular flexibility index (Phi) is 7.29. The average molecular weight is 469 g/mol. The van der Waals surface area contributed by atoms with Crippen molar-refractivity contribution in [2.45, 2.75) is 17.8 Å². The maximum absolute atomic E-state index is 12.6. The molecule has 0 aliphatic rings. The number of nitrogens with zero attached hydrogens (tertiary/aromatic N) is 1. The zero-order valence-electron chi connectivity index (χ0n) is 16.1. The van der Waals surface area contributed by atoms with E-state index in [1.807, 2.05) is 24.5 Å². The molecule has 1 heterocycles. The summed E-state index contributed by atoms with van der Waals surface area (Å²) in [5, 5.41) is 3.27. The van der Waals surface area contributed by atoms with Crippen LogP contribution in [0.1, 0.15) is 15.9 Å². The molecule has 1 aromatic heterocycles. The average Bonchev–Trinajstić information content (AvgIpc) is 2.73. The Hall–Kier alpha value is -2.91. The van der Waals surface area contributed by atoms with Crippen molar-refractivity contribution in [1.29, 1.82) is 0 Å². The largest absolute Gasteiger partial charge is 0.573 e. The summed E-state index contributed by atoms with van der Waals surface area (Å²) in [6.45, 7) is 0.201. The van der Waals surface area contributed by atoms with Gasteiger partial charge in [0.2, 0.25) is 5.88 Å². The molecule has 0 aliphatic heterocycles. The molecular weight excluding hydrogens is 453 g/mol. The number of thioether (sulfide) groups is 1. The number of halogens is 4. The summed E-state index contributed by atoms with van der Waals surface area (Å²) >= 11 is 7.78. The SMILES string of the molecule is CSc1ccc(CNC(=O)c2ccnc(Oc3ccccc3OC(F)(F)F)c2)c(Cl)c1. The molecule has 0 saturated carbocycles. The number of rotatable bonds is 7. The standard InChI is InChI=1S/C21H16ClF3N2O3S/c1-31-15-7-6-14(16(22)11-15)12-27-20(28)13-8-9-26-19(10-13)29-17-4-2-3-5-18(17)30-21(23,24)25/h2-11H,12H2,1H3,(H,27,28). The van der Waals surface area contributed by atoms with Gasteiger partial charge in [0.25, 0.3) is 5.91 Å². The third-order valence-corrected chi connectivity index (χ3v) is 5.06. The minimum absolute atomic E-state index is 0.0618. The second kappa shape index (κ2) is 9.93. The Morgan fingerprint density at radius 1 is 1.13 bits per heavy atom. The van der Waals surface area contributed by atoms with Crippen LogP contribution >= 0.6 is 23.4 Å². The highest BCUT2D eigenvalue weighted by atomic mass is 35.5. The highest BCUT2D eigenvalue weighted by Gasteiger charge is 2.32. The maximum Gasteiger partial charge on any atom is 0.573 e. The quantitative estimate of drug-likeness (QED) is 0.426. The van der Waals surface area contributed by atoms with Gasteiger partial charge in [0.15, 0.2) is 11.5 Å². The van der Waals surface area contributed by atoms with Gasteiger partial charge in [-0.3, -0.25) is 4.79 Å². The van der Waals surface area contributed by atoms with Gasteiger partial charge in [-0.05, 0) is 42.2 Å². The first-order chi connectivity index (χ1) is 14.7. The molecule has 0 atom stereocenters. The van der Waals surface area contributed by atoms with Crippen molar-refractivity contribution in [3.8, 4) is 17.4 Å². The number of alkyl halides is 3. The van der Waals surface area contributed by atoms with Crippen molar-refractivity contribution in [1.82, 2.24) is 10.3 Å². The summed E-state index contributed by atoms with van der Waals surface area (Å²) in [4.78, 5) is 17.4. The lowest BCUT2D eigenvalue weighted by atomic mass is 10.2. The number of aromatic nitrogens is 1. The maximum atomic E-state index is 12.6. The summed E-state index contributed by atoms with van der Waals surface area (Å²) in [6.07, 6.45) is -1.62. The molecule has 0 fully saturated rings. The number of benzene rings is 2. The molecule has 0 bridgehead atoms. The van der Waals surface area contributed by atoms with Crippen LogP contribution in [-0.4, -0.2) is 23.5 Å². The molecule has 0 unspecified atom stereocenters. The van der Waals surface area contributed by atoms with Crippen molar-refractivity contribution in [3.05, 3.63) is 76.9 Å². The predicted octanol–water partition coefficient (Wildman–Crippen LogP) is 6.08. The van der Waals surface area contributed by atoms with Crippen LogP contribution in [0, 0.1) is 0 Å². The summed E-state index contributed by atoms with van der Waals surface area (Å²) < 4.78 is 47.1. The third kappa shape index (κ3) is 6.53. The molecule has 2 aromatic carbocycles. The van der Waals surface area contributed by atoms with Gasteiger partial charge in [-0.1, -0.05) is 29.8 Å². The van der Waals surface area contributed by atoms with Crippen molar-refractivity contribution < 1.29 is 27.4 Å². The van der Waals surface area contributed by atoms with Crippen LogP contribution in [0.25, 0.3) is 0 Å². The van der Waals surface area contributed by atoms with E-state index >= 15 is 0 Å². The molecule has 1 amide bonds. The molecule has 0 radical (unpaired) electrons. The number of carbonyl (C=O) groups excluding carboxylic acids is 1. The number of para-hydroxylation sites is 2. The third-order valence-electron chi connectivity index (χ3n) is 3.99. The van der Waals surface area contributed by atoms with Crippen molar-refractivity contribution >= 4 is 29.3 Å². The number of pyridine rings is 1. The van der Waals surface area contributed by atoms with Crippen molar-refractivity contribution in [2.75, 3.05) is 6.26 Å². The molecule has 5 nitrogen and oxygen atoms in total. The molecule has 0 saturated heterocycles. The summed E-state index contributed by atoms with van der Waals surface area (Å²) in [6, 6.07) is 13.6. The monoisotopic (exact) mass is 468 g/mol. The van der Waals surface area contributed by atoms with Crippen molar-refractivity contribution in [2.24, 2.45) is 0 Å². The highest BCUT2D eigenvalue weighted by molar-refractivity contribution is 7.98. The number of carbonyl (C=O) groups is 1. The Morgan fingerprint density at radius 2 is 1.87 bits per heavy atom. The minimum Gasteiger partial charge on any atom is -0.435 e. The first-order valence-corrected chi connectivity index (χ1v) is 10.4. The molecule has 3 rings (SSSR count). The second-order valence-electron chi connectivity index (χ2n) is 6.12. The van der Waals surface area contributed by atoms with Crippen LogP contribution in [0.15, 0.2) is 65.7 Å². The zero-order chi connectivity index (χ0) is 22.4. The molecule has 10 heteroatoms. The summed E-state index contributed by atoms with van der Waals surface area (Å²) in [5.74, 6) is -1.19. The predicted molar refractivity (Wildman–Crippen MR) is 112 cm³/mol. The molecule has 31 heavy (non-hydrogen) atoms. The van der Waals surface area contributed by atoms with Gasteiger partial charge in [-0.15, -0.1) is 24.9 Å². The van der Waals surface area contributed by atoms with E-state index in [1.54, 1.807) is 11.8 Å². The number of ether oxygens (including phenoxy) is 2. The van der Waals surface area contributed by atoms with E-state index in [1.165, 1.54) is 36.5 Å². The van der Waals surface area contributed by atoms with Gasteiger partial charge in [-0.25, -0.2) is 4.98 Å². The van der Waals surface area contributed by atoms with Gasteiger partial charge in [0.1, 0.15) is 0 Å². The van der Waals surface area contributed by atoms with Gasteiger partial charge in [0.05, 0.1) is 0 Å². The fourth-order valence-corrected chi connectivity index (χ4v) is 3.29. The fourth-order valence-electron chi connectivity index (χ4n) is 2.54. The summed E-state index contributed by atoms with van der Waals surface area (Å²) in [5.41, 5.74) is 0.965. The lowest BCUT2D eigenvalue weighted by Crippen LogP contribution is -2.23. The Bertz CT molecular complexity index is 1080. The number of amides is 1. The van der Waals surface area contributed by atoms with Crippen LogP contribution in [0.2, 0.25) is 5.02 Å². The van der Waals surface area contributed by atoms with E-state index in [-0.39, 0.29) is 23.7 Å². The Morgan fingerprint density at radius 3 is 2.55 bits per heavy atom. The van der Waals surface area contributed by atoms with Gasteiger partial charge in [-0.2, -0.15) is 0 Å². The van der Waals surface area contributed by atoms with Crippen molar-refractivity contribution in [3.63, 3.8) is 0 Å². The first-order valence-electron chi connectivity index (χ1n) is 8.84. The zero-order valence-corrected chi connectivity index (χ0v) is 17.6. The van der Waals surface area contributed by atoms with Gasteiger partial charge < -0.3 is 14.8 Å². The number of hydrogen-bond acceptors (Lipinski definition) is 5.